The largest absolute Gasteiger partial charge is 0.497 e. The van der Waals surface area contributed by atoms with Gasteiger partial charge in [0, 0.05) is 10.9 Å². The third kappa shape index (κ3) is 3.64. The van der Waals surface area contributed by atoms with Crippen LogP contribution < -0.4 is 4.74 Å². The number of carbonyl (C=O) groups excluding carboxylic acids is 1. The van der Waals surface area contributed by atoms with E-state index in [1.165, 1.54) is 4.88 Å². The number of carbonyl (C=O) groups is 1. The van der Waals surface area contributed by atoms with Gasteiger partial charge in [-0.15, -0.1) is 11.3 Å². The van der Waals surface area contributed by atoms with Crippen LogP contribution in [0.25, 0.3) is 0 Å². The summed E-state index contributed by atoms with van der Waals surface area (Å²) < 4.78 is 5.22. The van der Waals surface area contributed by atoms with Gasteiger partial charge < -0.3 is 9.64 Å². The van der Waals surface area contributed by atoms with Crippen molar-refractivity contribution >= 4 is 17.2 Å². The smallest absolute Gasteiger partial charge is 0.227 e. The molecule has 1 heterocycles. The fraction of sp³-hybridized carbons (Fsp3) is 0.353. The highest BCUT2D eigenvalue weighted by Gasteiger charge is 2.32. The van der Waals surface area contributed by atoms with E-state index in [1.54, 1.807) is 18.4 Å². The van der Waals surface area contributed by atoms with Crippen molar-refractivity contribution in [1.82, 2.24) is 4.90 Å². The topological polar surface area (TPSA) is 29.5 Å². The lowest BCUT2D eigenvalue weighted by Crippen LogP contribution is -2.33. The zero-order chi connectivity index (χ0) is 14.7. The normalized spacial score (nSPS) is 14.0. The lowest BCUT2D eigenvalue weighted by Gasteiger charge is -2.22. The van der Waals surface area contributed by atoms with Gasteiger partial charge in [0.25, 0.3) is 0 Å². The van der Waals surface area contributed by atoms with E-state index >= 15 is 0 Å². The highest BCUT2D eigenvalue weighted by molar-refractivity contribution is 7.09. The predicted octanol–water partition coefficient (Wildman–Crippen LogP) is 3.49. The van der Waals surface area contributed by atoms with Crippen LogP contribution in [0.1, 0.15) is 23.3 Å². The van der Waals surface area contributed by atoms with Gasteiger partial charge in [0.1, 0.15) is 5.75 Å². The zero-order valence-electron chi connectivity index (χ0n) is 12.1. The van der Waals surface area contributed by atoms with E-state index < -0.39 is 0 Å². The van der Waals surface area contributed by atoms with Crippen molar-refractivity contribution in [3.63, 3.8) is 0 Å². The van der Waals surface area contributed by atoms with E-state index in [0.29, 0.717) is 12.5 Å². The van der Waals surface area contributed by atoms with Crippen LogP contribution >= 0.6 is 11.3 Å². The van der Waals surface area contributed by atoms with Gasteiger partial charge >= 0.3 is 0 Å². The summed E-state index contributed by atoms with van der Waals surface area (Å²) in [5.74, 6) is 1.01. The molecule has 0 radical (unpaired) electrons. The molecule has 1 saturated carbocycles. The van der Waals surface area contributed by atoms with Crippen molar-refractivity contribution in [2.75, 3.05) is 7.11 Å². The van der Waals surface area contributed by atoms with Gasteiger partial charge in [-0.05, 0) is 42.0 Å². The van der Waals surface area contributed by atoms with Gasteiger partial charge in [-0.1, -0.05) is 18.2 Å². The van der Waals surface area contributed by atoms with Crippen LogP contribution in [0.5, 0.6) is 5.75 Å². The number of benzene rings is 1. The van der Waals surface area contributed by atoms with Gasteiger partial charge in [0.15, 0.2) is 0 Å². The molecular formula is C17H19NO2S. The minimum atomic E-state index is 0.208. The van der Waals surface area contributed by atoms with Crippen LogP contribution in [0.15, 0.2) is 41.8 Å². The maximum atomic E-state index is 12.6. The first-order valence-electron chi connectivity index (χ1n) is 7.21. The maximum Gasteiger partial charge on any atom is 0.227 e. The summed E-state index contributed by atoms with van der Waals surface area (Å²) >= 11 is 1.71. The molecule has 0 spiro atoms. The van der Waals surface area contributed by atoms with Gasteiger partial charge in [0.2, 0.25) is 5.91 Å². The van der Waals surface area contributed by atoms with Crippen LogP contribution in [0, 0.1) is 0 Å². The molecule has 1 aromatic carbocycles. The number of ether oxygens (including phenoxy) is 1. The highest BCUT2D eigenvalue weighted by Crippen LogP contribution is 2.30. The molecule has 0 saturated heterocycles. The van der Waals surface area contributed by atoms with E-state index in [2.05, 4.69) is 11.4 Å². The quantitative estimate of drug-likeness (QED) is 0.817. The van der Waals surface area contributed by atoms with E-state index in [-0.39, 0.29) is 5.91 Å². The van der Waals surface area contributed by atoms with Crippen LogP contribution in [0.2, 0.25) is 0 Å². The fourth-order valence-electron chi connectivity index (χ4n) is 2.44. The SMILES string of the molecule is COc1cccc(CC(=O)N(Cc2cccs2)C2CC2)c1. The maximum absolute atomic E-state index is 12.6. The summed E-state index contributed by atoms with van der Waals surface area (Å²) in [7, 11) is 1.65. The van der Waals surface area contributed by atoms with Crippen molar-refractivity contribution < 1.29 is 9.53 Å². The number of hydrogen-bond donors (Lipinski definition) is 0. The minimum absolute atomic E-state index is 0.208. The predicted molar refractivity (Wildman–Crippen MR) is 84.6 cm³/mol. The van der Waals surface area contributed by atoms with Gasteiger partial charge in [0.05, 0.1) is 20.1 Å². The number of rotatable bonds is 6. The third-order valence-corrected chi connectivity index (χ3v) is 4.56. The molecule has 1 aromatic heterocycles. The Morgan fingerprint density at radius 2 is 2.19 bits per heavy atom. The van der Waals surface area contributed by atoms with Crippen LogP contribution in [0.4, 0.5) is 0 Å². The molecule has 0 unspecified atom stereocenters. The summed E-state index contributed by atoms with van der Waals surface area (Å²) in [6, 6.07) is 12.3. The molecular weight excluding hydrogens is 282 g/mol. The minimum Gasteiger partial charge on any atom is -0.497 e. The van der Waals surface area contributed by atoms with E-state index in [9.17, 15) is 4.79 Å². The van der Waals surface area contributed by atoms with Crippen molar-refractivity contribution in [2.45, 2.75) is 31.8 Å². The summed E-state index contributed by atoms with van der Waals surface area (Å²) in [5, 5.41) is 2.06. The number of methoxy groups -OCH3 is 1. The molecule has 1 amide bonds. The van der Waals surface area contributed by atoms with Crippen LogP contribution in [0.3, 0.4) is 0 Å². The van der Waals surface area contributed by atoms with Crippen LogP contribution in [-0.4, -0.2) is 24.0 Å². The number of amides is 1. The van der Waals surface area contributed by atoms with Crippen molar-refractivity contribution in [2.24, 2.45) is 0 Å². The lowest BCUT2D eigenvalue weighted by atomic mass is 10.1. The first kappa shape index (κ1) is 14.1. The van der Waals surface area contributed by atoms with Gasteiger partial charge in [-0.2, -0.15) is 0 Å². The molecule has 110 valence electrons. The Balaban J connectivity index is 1.69. The van der Waals surface area contributed by atoms with E-state index in [1.807, 2.05) is 35.2 Å². The summed E-state index contributed by atoms with van der Waals surface area (Å²) in [6.07, 6.45) is 2.71. The lowest BCUT2D eigenvalue weighted by molar-refractivity contribution is -0.131. The first-order valence-corrected chi connectivity index (χ1v) is 8.09. The molecule has 0 aliphatic heterocycles. The molecule has 21 heavy (non-hydrogen) atoms. The molecule has 4 heteroatoms. The average molecular weight is 301 g/mol. The summed E-state index contributed by atoms with van der Waals surface area (Å²) in [5.41, 5.74) is 1.01. The van der Waals surface area contributed by atoms with Gasteiger partial charge in [-0.25, -0.2) is 0 Å². The second-order valence-corrected chi connectivity index (χ2v) is 6.39. The molecule has 3 nitrogen and oxygen atoms in total. The second-order valence-electron chi connectivity index (χ2n) is 5.36. The molecule has 3 rings (SSSR count). The van der Waals surface area contributed by atoms with Crippen molar-refractivity contribution in [3.8, 4) is 5.75 Å². The van der Waals surface area contributed by atoms with E-state index in [4.69, 9.17) is 4.74 Å². The van der Waals surface area contributed by atoms with Crippen molar-refractivity contribution in [1.29, 1.82) is 0 Å². The molecule has 0 N–H and O–H groups in total. The molecule has 0 atom stereocenters. The average Bonchev–Trinajstić information content (AvgIpc) is 3.21. The molecule has 1 aliphatic carbocycles. The molecule has 2 aromatic rings. The summed E-state index contributed by atoms with van der Waals surface area (Å²) in [4.78, 5) is 15.9. The second kappa shape index (κ2) is 6.31. The molecule has 1 aliphatic rings. The Bertz CT molecular complexity index is 605. The fourth-order valence-corrected chi connectivity index (χ4v) is 3.14. The van der Waals surface area contributed by atoms with Gasteiger partial charge in [-0.3, -0.25) is 4.79 Å². The Morgan fingerprint density at radius 1 is 1.33 bits per heavy atom. The Hall–Kier alpha value is -1.81. The monoisotopic (exact) mass is 301 g/mol. The standard InChI is InChI=1S/C17H19NO2S/c1-20-15-5-2-4-13(10-15)11-17(19)18(14-7-8-14)12-16-6-3-9-21-16/h2-6,9-10,14H,7-8,11-12H2,1H3. The number of thiophene rings is 1. The molecule has 1 fully saturated rings. The zero-order valence-corrected chi connectivity index (χ0v) is 12.9. The number of nitrogens with zero attached hydrogens (tertiary/aromatic N) is 1. The van der Waals surface area contributed by atoms with Crippen molar-refractivity contribution in [3.05, 3.63) is 52.2 Å². The Labute approximate surface area is 129 Å². The number of hydrogen-bond acceptors (Lipinski definition) is 3. The summed E-state index contributed by atoms with van der Waals surface area (Å²) in [6.45, 7) is 0.741. The third-order valence-electron chi connectivity index (χ3n) is 3.70. The highest BCUT2D eigenvalue weighted by atomic mass is 32.1. The van der Waals surface area contributed by atoms with E-state index in [0.717, 1.165) is 30.7 Å². The Kier molecular flexibility index (Phi) is 4.25. The Morgan fingerprint density at radius 3 is 2.86 bits per heavy atom. The molecule has 0 bridgehead atoms. The first-order chi connectivity index (χ1) is 10.3. The van der Waals surface area contributed by atoms with Crippen LogP contribution in [-0.2, 0) is 17.8 Å².